The highest BCUT2D eigenvalue weighted by Crippen LogP contribution is 2.64. The predicted octanol–water partition coefficient (Wildman–Crippen LogP) is 3.90. The maximum absolute atomic E-state index is 14.5. The topological polar surface area (TPSA) is 82.5 Å². The van der Waals surface area contributed by atoms with Gasteiger partial charge in [0.25, 0.3) is 5.91 Å². The van der Waals surface area contributed by atoms with E-state index in [1.54, 1.807) is 12.1 Å². The van der Waals surface area contributed by atoms with Crippen LogP contribution in [0, 0.1) is 34.5 Å². The van der Waals surface area contributed by atoms with E-state index in [0.717, 1.165) is 30.4 Å². The second-order valence-corrected chi connectivity index (χ2v) is 10.5. The zero-order valence-corrected chi connectivity index (χ0v) is 18.5. The summed E-state index contributed by atoms with van der Waals surface area (Å²) >= 11 is 0. The summed E-state index contributed by atoms with van der Waals surface area (Å²) in [6.45, 7) is 9.52. The maximum atomic E-state index is 14.5. The van der Waals surface area contributed by atoms with Gasteiger partial charge in [0.15, 0.2) is 11.5 Å². The number of halogens is 1. The summed E-state index contributed by atoms with van der Waals surface area (Å²) in [4.78, 5) is 20.2. The van der Waals surface area contributed by atoms with Crippen LogP contribution in [0.15, 0.2) is 23.2 Å². The smallest absolute Gasteiger partial charge is 0.262 e. The highest BCUT2D eigenvalue weighted by Gasteiger charge is 2.68. The molecule has 5 atom stereocenters. The quantitative estimate of drug-likeness (QED) is 0.803. The van der Waals surface area contributed by atoms with E-state index in [9.17, 15) is 14.4 Å². The van der Waals surface area contributed by atoms with Gasteiger partial charge in [-0.3, -0.25) is 9.69 Å². The first-order valence-electron chi connectivity index (χ1n) is 10.8. The van der Waals surface area contributed by atoms with Crippen molar-refractivity contribution >= 4 is 11.9 Å². The number of nitriles is 1. The third kappa shape index (κ3) is 2.78. The Morgan fingerprint density at radius 3 is 2.50 bits per heavy atom. The number of amides is 1. The van der Waals surface area contributed by atoms with Crippen molar-refractivity contribution in [2.45, 2.75) is 65.1 Å². The Balaban J connectivity index is 1.92. The molecule has 1 heterocycles. The molecule has 30 heavy (non-hydrogen) atoms. The van der Waals surface area contributed by atoms with Crippen LogP contribution >= 0.6 is 0 Å². The lowest BCUT2D eigenvalue weighted by Crippen LogP contribution is -2.55. The Morgan fingerprint density at radius 2 is 1.93 bits per heavy atom. The number of hydrogen-bond acceptors (Lipinski definition) is 4. The van der Waals surface area contributed by atoms with Crippen LogP contribution < -0.4 is 5.73 Å². The molecule has 0 bridgehead atoms. The van der Waals surface area contributed by atoms with Crippen LogP contribution in [0.4, 0.5) is 4.39 Å². The van der Waals surface area contributed by atoms with E-state index in [1.807, 2.05) is 6.07 Å². The molecule has 160 valence electrons. The Hall–Kier alpha value is -2.42. The van der Waals surface area contributed by atoms with E-state index < -0.39 is 16.6 Å². The first kappa shape index (κ1) is 20.8. The van der Waals surface area contributed by atoms with Crippen LogP contribution in [-0.4, -0.2) is 29.0 Å². The number of fused-ring (bicyclic) bond motifs is 3. The Morgan fingerprint density at radius 1 is 1.30 bits per heavy atom. The molecule has 5 nitrogen and oxygen atoms in total. The number of nitrogens with zero attached hydrogens (tertiary/aromatic N) is 3. The highest BCUT2D eigenvalue weighted by atomic mass is 19.1. The lowest BCUT2D eigenvalue weighted by atomic mass is 9.55. The van der Waals surface area contributed by atoms with Crippen LogP contribution in [0.3, 0.4) is 0 Å². The number of carbonyl (C=O) groups is 1. The van der Waals surface area contributed by atoms with Gasteiger partial charge in [-0.05, 0) is 74.1 Å². The van der Waals surface area contributed by atoms with Gasteiger partial charge >= 0.3 is 0 Å². The van der Waals surface area contributed by atoms with Gasteiger partial charge < -0.3 is 5.73 Å². The number of aliphatic imine (C=N–C) groups is 1. The highest BCUT2D eigenvalue weighted by molar-refractivity contribution is 6.08. The molecule has 1 aromatic rings. The number of carbonyl (C=O) groups excluding carboxylic acids is 1. The SMILES string of the molecule is C[C@H]1[C@H](C)C[C@@]2(Cc3ccc(C#N)cc3[C@]23N=C(N)N(CC(C)(C)F)C3=O)C[C@@H]1C. The van der Waals surface area contributed by atoms with Crippen LogP contribution in [0.25, 0.3) is 0 Å². The van der Waals surface area contributed by atoms with Gasteiger partial charge in [0.1, 0.15) is 5.67 Å². The minimum atomic E-state index is -1.59. The fourth-order valence-electron chi connectivity index (χ4n) is 6.23. The van der Waals surface area contributed by atoms with Crippen molar-refractivity contribution in [1.29, 1.82) is 5.26 Å². The first-order valence-corrected chi connectivity index (χ1v) is 10.8. The summed E-state index contributed by atoms with van der Waals surface area (Å²) < 4.78 is 14.5. The lowest BCUT2D eigenvalue weighted by molar-refractivity contribution is -0.140. The van der Waals surface area contributed by atoms with E-state index >= 15 is 0 Å². The number of guanidine groups is 1. The molecule has 3 aliphatic rings. The van der Waals surface area contributed by atoms with E-state index in [4.69, 9.17) is 10.7 Å². The van der Waals surface area contributed by atoms with E-state index in [0.29, 0.717) is 23.3 Å². The molecule has 2 N–H and O–H groups in total. The summed E-state index contributed by atoms with van der Waals surface area (Å²) in [6.07, 6.45) is 2.43. The monoisotopic (exact) mass is 410 g/mol. The summed E-state index contributed by atoms with van der Waals surface area (Å²) in [5.74, 6) is 1.23. The van der Waals surface area contributed by atoms with Gasteiger partial charge in [-0.15, -0.1) is 0 Å². The molecule has 2 spiro atoms. The second kappa shape index (κ2) is 6.54. The molecule has 2 aliphatic carbocycles. The number of benzene rings is 1. The third-order valence-electron chi connectivity index (χ3n) is 7.79. The van der Waals surface area contributed by atoms with Gasteiger partial charge in [0.05, 0.1) is 18.2 Å². The van der Waals surface area contributed by atoms with Crippen LogP contribution in [-0.2, 0) is 16.8 Å². The zero-order valence-electron chi connectivity index (χ0n) is 18.5. The molecule has 0 saturated heterocycles. The van der Waals surface area contributed by atoms with Crippen LogP contribution in [0.5, 0.6) is 0 Å². The largest absolute Gasteiger partial charge is 0.369 e. The lowest BCUT2D eigenvalue weighted by Gasteiger charge is -2.50. The maximum Gasteiger partial charge on any atom is 0.262 e. The molecule has 1 saturated carbocycles. The minimum absolute atomic E-state index is 0.0826. The molecule has 0 unspecified atom stereocenters. The summed E-state index contributed by atoms with van der Waals surface area (Å²) in [6, 6.07) is 7.75. The van der Waals surface area contributed by atoms with E-state index in [1.165, 1.54) is 18.7 Å². The van der Waals surface area contributed by atoms with Crippen molar-refractivity contribution in [2.24, 2.45) is 33.9 Å². The normalized spacial score (nSPS) is 35.6. The molecule has 4 rings (SSSR count). The predicted molar refractivity (Wildman–Crippen MR) is 114 cm³/mol. The fourth-order valence-corrected chi connectivity index (χ4v) is 6.23. The summed E-state index contributed by atoms with van der Waals surface area (Å²) in [5, 5.41) is 9.49. The first-order chi connectivity index (χ1) is 13.9. The van der Waals surface area contributed by atoms with Crippen molar-refractivity contribution in [2.75, 3.05) is 6.54 Å². The number of hydrogen-bond donors (Lipinski definition) is 1. The zero-order chi connectivity index (χ0) is 22.1. The van der Waals surface area contributed by atoms with E-state index in [-0.39, 0.29) is 18.4 Å². The number of alkyl halides is 1. The Bertz CT molecular complexity index is 960. The summed E-state index contributed by atoms with van der Waals surface area (Å²) in [5.41, 5.74) is 5.42. The van der Waals surface area contributed by atoms with E-state index in [2.05, 4.69) is 26.8 Å². The molecular formula is C24H31FN4O. The summed E-state index contributed by atoms with van der Waals surface area (Å²) in [7, 11) is 0. The molecule has 0 aromatic heterocycles. The third-order valence-corrected chi connectivity index (χ3v) is 7.79. The number of rotatable bonds is 2. The van der Waals surface area contributed by atoms with Crippen molar-refractivity contribution in [3.8, 4) is 6.07 Å². The van der Waals surface area contributed by atoms with Crippen LogP contribution in [0.1, 0.15) is 64.2 Å². The number of nitrogens with two attached hydrogens (primary N) is 1. The fraction of sp³-hybridized carbons (Fsp3) is 0.625. The van der Waals surface area contributed by atoms with Gasteiger partial charge in [-0.1, -0.05) is 26.8 Å². The van der Waals surface area contributed by atoms with Crippen molar-refractivity contribution in [1.82, 2.24) is 4.90 Å². The Labute approximate surface area is 178 Å². The minimum Gasteiger partial charge on any atom is -0.369 e. The molecule has 6 heteroatoms. The molecule has 1 fully saturated rings. The van der Waals surface area contributed by atoms with Gasteiger partial charge in [-0.25, -0.2) is 9.38 Å². The van der Waals surface area contributed by atoms with Crippen molar-refractivity contribution in [3.05, 3.63) is 34.9 Å². The molecule has 1 amide bonds. The Kier molecular flexibility index (Phi) is 4.54. The average Bonchev–Trinajstić information content (AvgIpc) is 3.05. The van der Waals surface area contributed by atoms with Gasteiger partial charge in [0.2, 0.25) is 0 Å². The molecule has 1 aromatic carbocycles. The van der Waals surface area contributed by atoms with Crippen molar-refractivity contribution < 1.29 is 9.18 Å². The average molecular weight is 411 g/mol. The molecule has 1 aliphatic heterocycles. The van der Waals surface area contributed by atoms with Gasteiger partial charge in [0, 0.05) is 5.41 Å². The molecule has 0 radical (unpaired) electrons. The van der Waals surface area contributed by atoms with Gasteiger partial charge in [-0.2, -0.15) is 5.26 Å². The van der Waals surface area contributed by atoms with Crippen molar-refractivity contribution in [3.63, 3.8) is 0 Å². The van der Waals surface area contributed by atoms with Crippen LogP contribution in [0.2, 0.25) is 0 Å². The molecular weight excluding hydrogens is 379 g/mol. The standard InChI is InChI=1S/C24H31FN4O/c1-14-9-23(10-15(2)16(14)3)11-18-7-6-17(12-26)8-19(18)24(23)20(30)29(21(27)28-24)13-22(4,5)25/h6-8,14-16H,9-11,13H2,1-5H3,(H2,27,28)/t14-,15+,16+,23+,24-/m1/s1. The second-order valence-electron chi connectivity index (χ2n) is 10.5.